The minimum atomic E-state index is -3.94. The van der Waals surface area contributed by atoms with E-state index in [4.69, 9.17) is 4.74 Å². The molecular weight excluding hydrogens is 466 g/mol. The number of likely N-dealkylation sites (N-methyl/N-ethyl adjacent to an activating group) is 2. The Kier molecular flexibility index (Phi) is 8.48. The van der Waals surface area contributed by atoms with Crippen LogP contribution in [0.25, 0.3) is 10.8 Å². The van der Waals surface area contributed by atoms with Crippen molar-refractivity contribution in [2.75, 3.05) is 27.7 Å². The number of ether oxygens (including phenoxy) is 1. The molecule has 0 radical (unpaired) electrons. The maximum Gasteiger partial charge on any atom is 0.243 e. The molecule has 1 unspecified atom stereocenters. The van der Waals surface area contributed by atoms with Gasteiger partial charge in [-0.3, -0.25) is 9.59 Å². The van der Waals surface area contributed by atoms with Gasteiger partial charge in [0, 0.05) is 20.6 Å². The Labute approximate surface area is 206 Å². The van der Waals surface area contributed by atoms with Crippen LogP contribution in [0.3, 0.4) is 0 Å². The van der Waals surface area contributed by atoms with E-state index in [-0.39, 0.29) is 17.3 Å². The first kappa shape index (κ1) is 26.2. The molecule has 3 aromatic rings. The Morgan fingerprint density at radius 1 is 1.00 bits per heavy atom. The molecule has 1 atom stereocenters. The van der Waals surface area contributed by atoms with Gasteiger partial charge in [-0.2, -0.15) is 4.31 Å². The standard InChI is InChI=1S/C26H31N3O5S/c1-5-24(26(31)27-2)29(17-19-9-8-12-22(15-19)34-4)25(30)18-28(3)35(32,33)23-14-13-20-10-6-7-11-21(20)16-23/h6-16,24H,5,17-18H2,1-4H3,(H,27,31). The molecule has 1 N–H and O–H groups in total. The molecule has 0 aliphatic rings. The molecule has 0 bridgehead atoms. The molecule has 0 heterocycles. The maximum atomic E-state index is 13.4. The van der Waals surface area contributed by atoms with Crippen LogP contribution in [0.1, 0.15) is 18.9 Å². The number of nitrogens with one attached hydrogen (secondary N) is 1. The molecule has 0 saturated carbocycles. The molecule has 3 rings (SSSR count). The molecule has 0 spiro atoms. The highest BCUT2D eigenvalue weighted by Crippen LogP contribution is 2.22. The molecule has 35 heavy (non-hydrogen) atoms. The van der Waals surface area contributed by atoms with Crippen LogP contribution in [0.2, 0.25) is 0 Å². The van der Waals surface area contributed by atoms with Crippen molar-refractivity contribution >= 4 is 32.6 Å². The van der Waals surface area contributed by atoms with E-state index in [1.165, 1.54) is 25.1 Å². The number of hydrogen-bond donors (Lipinski definition) is 1. The summed E-state index contributed by atoms with van der Waals surface area (Å²) in [7, 11) is 0.492. The summed E-state index contributed by atoms with van der Waals surface area (Å²) >= 11 is 0. The van der Waals surface area contributed by atoms with E-state index in [2.05, 4.69) is 5.32 Å². The summed E-state index contributed by atoms with van der Waals surface area (Å²) in [5.74, 6) is -0.169. The number of benzene rings is 3. The second-order valence-electron chi connectivity index (χ2n) is 8.18. The van der Waals surface area contributed by atoms with E-state index in [1.807, 2.05) is 30.3 Å². The van der Waals surface area contributed by atoms with Crippen LogP contribution in [0.15, 0.2) is 71.6 Å². The van der Waals surface area contributed by atoms with Crippen LogP contribution in [-0.2, 0) is 26.2 Å². The highest BCUT2D eigenvalue weighted by molar-refractivity contribution is 7.89. The third-order valence-corrected chi connectivity index (χ3v) is 7.71. The lowest BCUT2D eigenvalue weighted by Gasteiger charge is -2.31. The molecule has 0 saturated heterocycles. The highest BCUT2D eigenvalue weighted by atomic mass is 32.2. The molecule has 2 amide bonds. The van der Waals surface area contributed by atoms with Gasteiger partial charge >= 0.3 is 0 Å². The molecule has 3 aromatic carbocycles. The molecule has 0 aliphatic heterocycles. The Bertz CT molecular complexity index is 1310. The van der Waals surface area contributed by atoms with Gasteiger partial charge in [0.05, 0.1) is 18.6 Å². The van der Waals surface area contributed by atoms with Crippen molar-refractivity contribution in [3.63, 3.8) is 0 Å². The lowest BCUT2D eigenvalue weighted by Crippen LogP contribution is -2.51. The number of carbonyl (C=O) groups is 2. The summed E-state index contributed by atoms with van der Waals surface area (Å²) in [4.78, 5) is 27.5. The minimum Gasteiger partial charge on any atom is -0.497 e. The van der Waals surface area contributed by atoms with Gasteiger partial charge in [0.25, 0.3) is 0 Å². The quantitative estimate of drug-likeness (QED) is 0.465. The summed E-state index contributed by atoms with van der Waals surface area (Å²) in [6.45, 7) is 1.53. The first-order valence-corrected chi connectivity index (χ1v) is 12.7. The second-order valence-corrected chi connectivity index (χ2v) is 10.2. The van der Waals surface area contributed by atoms with E-state index >= 15 is 0 Å². The van der Waals surface area contributed by atoms with Crippen LogP contribution in [-0.4, -0.2) is 63.2 Å². The number of hydrogen-bond acceptors (Lipinski definition) is 5. The van der Waals surface area contributed by atoms with Crippen molar-refractivity contribution in [1.82, 2.24) is 14.5 Å². The van der Waals surface area contributed by atoms with Crippen molar-refractivity contribution in [2.45, 2.75) is 30.8 Å². The Hall–Kier alpha value is -3.43. The van der Waals surface area contributed by atoms with Crippen molar-refractivity contribution in [1.29, 1.82) is 0 Å². The second kappa shape index (κ2) is 11.3. The van der Waals surface area contributed by atoms with Crippen molar-refractivity contribution in [3.8, 4) is 5.75 Å². The minimum absolute atomic E-state index is 0.101. The molecule has 186 valence electrons. The SMILES string of the molecule is CCC(C(=O)NC)N(Cc1cccc(OC)c1)C(=O)CN(C)S(=O)(=O)c1ccc2ccccc2c1. The molecule has 0 aliphatic carbocycles. The van der Waals surface area contributed by atoms with Crippen molar-refractivity contribution < 1.29 is 22.7 Å². The van der Waals surface area contributed by atoms with Crippen LogP contribution >= 0.6 is 0 Å². The van der Waals surface area contributed by atoms with Gasteiger partial charge in [-0.15, -0.1) is 0 Å². The third kappa shape index (κ3) is 5.98. The monoisotopic (exact) mass is 497 g/mol. The van der Waals surface area contributed by atoms with Gasteiger partial charge in [0.15, 0.2) is 0 Å². The van der Waals surface area contributed by atoms with Gasteiger partial charge in [-0.1, -0.05) is 49.4 Å². The van der Waals surface area contributed by atoms with Crippen molar-refractivity contribution in [3.05, 3.63) is 72.3 Å². The van der Waals surface area contributed by atoms with Gasteiger partial charge in [-0.05, 0) is 47.0 Å². The zero-order valence-electron chi connectivity index (χ0n) is 20.4. The predicted molar refractivity (Wildman–Crippen MR) is 135 cm³/mol. The fourth-order valence-corrected chi connectivity index (χ4v) is 5.08. The van der Waals surface area contributed by atoms with E-state index in [9.17, 15) is 18.0 Å². The number of fused-ring (bicyclic) bond motifs is 1. The van der Waals surface area contributed by atoms with E-state index < -0.39 is 28.5 Å². The molecule has 9 heteroatoms. The predicted octanol–water partition coefficient (Wildman–Crippen LogP) is 3.02. The number of sulfonamides is 1. The zero-order valence-corrected chi connectivity index (χ0v) is 21.2. The molecule has 0 aromatic heterocycles. The van der Waals surface area contributed by atoms with Gasteiger partial charge in [0.2, 0.25) is 21.8 Å². The highest BCUT2D eigenvalue weighted by Gasteiger charge is 2.31. The van der Waals surface area contributed by atoms with Crippen LogP contribution in [0.4, 0.5) is 0 Å². The Balaban J connectivity index is 1.88. The maximum absolute atomic E-state index is 13.4. The summed E-state index contributed by atoms with van der Waals surface area (Å²) in [6.07, 6.45) is 0.372. The number of methoxy groups -OCH3 is 1. The largest absolute Gasteiger partial charge is 0.497 e. The fourth-order valence-electron chi connectivity index (χ4n) is 3.93. The Morgan fingerprint density at radius 3 is 2.37 bits per heavy atom. The number of carbonyl (C=O) groups excluding carboxylic acids is 2. The van der Waals surface area contributed by atoms with Crippen LogP contribution < -0.4 is 10.1 Å². The zero-order chi connectivity index (χ0) is 25.6. The summed E-state index contributed by atoms with van der Waals surface area (Å²) in [6, 6.07) is 18.8. The third-order valence-electron chi connectivity index (χ3n) is 5.91. The van der Waals surface area contributed by atoms with Crippen molar-refractivity contribution in [2.24, 2.45) is 0 Å². The average Bonchev–Trinajstić information content (AvgIpc) is 2.87. The van der Waals surface area contributed by atoms with Gasteiger partial charge in [-0.25, -0.2) is 8.42 Å². The van der Waals surface area contributed by atoms with Gasteiger partial charge in [0.1, 0.15) is 11.8 Å². The Morgan fingerprint density at radius 2 is 1.71 bits per heavy atom. The van der Waals surface area contributed by atoms with Crippen LogP contribution in [0.5, 0.6) is 5.75 Å². The summed E-state index contributed by atoms with van der Waals surface area (Å²) in [5, 5.41) is 4.31. The lowest BCUT2D eigenvalue weighted by atomic mass is 10.1. The average molecular weight is 498 g/mol. The number of nitrogens with zero attached hydrogens (tertiary/aromatic N) is 2. The smallest absolute Gasteiger partial charge is 0.243 e. The first-order chi connectivity index (χ1) is 16.7. The topological polar surface area (TPSA) is 96.0 Å². The van der Waals surface area contributed by atoms with Crippen LogP contribution in [0, 0.1) is 0 Å². The summed E-state index contributed by atoms with van der Waals surface area (Å²) < 4.78 is 32.8. The lowest BCUT2D eigenvalue weighted by molar-refractivity contribution is -0.141. The van der Waals surface area contributed by atoms with E-state index in [0.717, 1.165) is 20.6 Å². The van der Waals surface area contributed by atoms with Gasteiger partial charge < -0.3 is 15.0 Å². The molecule has 8 nitrogen and oxygen atoms in total. The number of amides is 2. The van der Waals surface area contributed by atoms with E-state index in [0.29, 0.717) is 12.2 Å². The molecule has 0 fully saturated rings. The summed E-state index contributed by atoms with van der Waals surface area (Å²) in [5.41, 5.74) is 0.764. The normalized spacial score (nSPS) is 12.4. The number of rotatable bonds is 10. The van der Waals surface area contributed by atoms with E-state index in [1.54, 1.807) is 44.4 Å². The molecular formula is C26H31N3O5S. The first-order valence-electron chi connectivity index (χ1n) is 11.3. The fraction of sp³-hybridized carbons (Fsp3) is 0.308.